The maximum Gasteiger partial charge on any atom is 2.00 e. The van der Waals surface area contributed by atoms with Crippen molar-refractivity contribution in [3.63, 3.8) is 0 Å². The normalized spacial score (nSPS) is 20.2. The molecule has 0 aliphatic carbocycles. The summed E-state index contributed by atoms with van der Waals surface area (Å²) in [4.78, 5) is 89.7. The predicted octanol–water partition coefficient (Wildman–Crippen LogP) is -14.0. The third-order valence-corrected chi connectivity index (χ3v) is 7.85. The van der Waals surface area contributed by atoms with Gasteiger partial charge in [-0.25, -0.2) is 18.6 Å². The fraction of sp³-hybridized carbons (Fsp3) is 0.679. The van der Waals surface area contributed by atoms with Gasteiger partial charge in [-0.2, -0.15) is 15.0 Å². The largest absolute Gasteiger partial charge is 2.00 e. The van der Waals surface area contributed by atoms with E-state index in [1.54, 1.807) is 0 Å². The summed E-state index contributed by atoms with van der Waals surface area (Å²) in [6.45, 7) is 8.84. The van der Waals surface area contributed by atoms with E-state index >= 15 is 0 Å². The number of hydrogen-bond acceptors (Lipinski definition) is 23. The molecule has 1 aromatic heterocycles. The Morgan fingerprint density at radius 1 is 0.581 bits per heavy atom. The van der Waals surface area contributed by atoms with Crippen LogP contribution in [0.5, 0.6) is 0 Å². The van der Waals surface area contributed by atoms with Gasteiger partial charge in [-0.15, -0.1) is 10.2 Å². The summed E-state index contributed by atoms with van der Waals surface area (Å²) in [6, 6.07) is 0.538. The number of aromatic nitrogens is 3. The van der Waals surface area contributed by atoms with Crippen LogP contribution in [-0.4, -0.2) is 236 Å². The molecule has 0 amide bonds. The molecule has 34 heteroatoms. The smallest absolute Gasteiger partial charge is 0.548 e. The SMILES string of the molecule is C[C@H]1CNCN2CCN(CCN3CCN(CN1)C3)C2.O.O.O.O.O=C([O-])CN(CC(=O)O)c1nc(N(CC(=O)O)CC(=O)O)nc(N(CC(=O)O)CC(=O)O)n1.[Ni+2].[O-][Cl+3]([O-])([O-])[O-]. The van der Waals surface area contributed by atoms with Crippen LogP contribution in [-0.2, 0) is 45.3 Å². The van der Waals surface area contributed by atoms with E-state index in [1.807, 2.05) is 0 Å². The zero-order valence-corrected chi connectivity index (χ0v) is 34.7. The van der Waals surface area contributed by atoms with Gasteiger partial charge in [-0.05, 0) is 6.92 Å². The van der Waals surface area contributed by atoms with Gasteiger partial charge in [0, 0.05) is 65.2 Å². The van der Waals surface area contributed by atoms with Crippen molar-refractivity contribution < 1.29 is 127 Å². The summed E-state index contributed by atoms with van der Waals surface area (Å²) in [6.07, 6.45) is 0. The molecule has 15 N–H and O–H groups in total. The zero-order valence-electron chi connectivity index (χ0n) is 33.0. The van der Waals surface area contributed by atoms with E-state index in [0.29, 0.717) is 20.7 Å². The molecule has 62 heavy (non-hydrogen) atoms. The minimum atomic E-state index is -4.94. The first-order valence-corrected chi connectivity index (χ1v) is 18.1. The minimum Gasteiger partial charge on any atom is -0.548 e. The minimum absolute atomic E-state index is 0. The number of hydrogen-bond donors (Lipinski definition) is 7. The standard InChI is InChI=1S/C15H18N6O12.C13H28N6.ClHO4.Ni.4H2O/c22-7(23)1-19(2-8(24)25)13-16-14(20(3-9(26)27)4-10(28)29)18-15(17-13)21(5-11(30)31)6-12(32)33;1-13-8-14-9-18-6-4-16(11-18)2-3-17-5-7-19(12-17)10-15-13;2-1(3,4)5;;;;;/h1-6H2,(H,22,23)(H,24,25)(H,26,27)(H,28,29)(H,30,31)(H,32,33);13-15H,2-12H2,1H3;(H,2,3,4,5);;4*1H2/q;;;+2;;;;/p-2/t;13-;;;;;;/m.0....../s1. The molecule has 4 rings (SSSR count). The Bertz CT molecular complexity index is 1360. The van der Waals surface area contributed by atoms with Crippen molar-refractivity contribution in [3.05, 3.63) is 0 Å². The van der Waals surface area contributed by atoms with Crippen LogP contribution in [0.15, 0.2) is 0 Å². The molecule has 3 saturated heterocycles. The average Bonchev–Trinajstić information content (AvgIpc) is 3.72. The van der Waals surface area contributed by atoms with Gasteiger partial charge in [0.1, 0.15) is 32.7 Å². The molecule has 0 radical (unpaired) electrons. The molecule has 5 atom stereocenters. The number of carbonyl (C=O) groups excluding carboxylic acids is 1. The van der Waals surface area contributed by atoms with Crippen molar-refractivity contribution in [2.45, 2.75) is 13.0 Å². The summed E-state index contributed by atoms with van der Waals surface area (Å²) >= 11 is 0. The van der Waals surface area contributed by atoms with Crippen molar-refractivity contribution in [1.29, 1.82) is 0 Å². The molecule has 32 nitrogen and oxygen atoms in total. The number of carboxylic acids is 6. The van der Waals surface area contributed by atoms with E-state index in [4.69, 9.17) is 44.2 Å². The van der Waals surface area contributed by atoms with Crippen LogP contribution in [0.1, 0.15) is 6.92 Å². The monoisotopic (exact) mass is 970 g/mol. The van der Waals surface area contributed by atoms with Crippen molar-refractivity contribution in [1.82, 2.24) is 45.2 Å². The topological polar surface area (TPSA) is 530 Å². The molecular weight excluding hydrogens is 919 g/mol. The number of carbonyl (C=O) groups is 6. The van der Waals surface area contributed by atoms with Crippen LogP contribution in [0, 0.1) is 10.2 Å². The molecule has 0 spiro atoms. The van der Waals surface area contributed by atoms with E-state index in [0.717, 1.165) is 33.2 Å². The van der Waals surface area contributed by atoms with Gasteiger partial charge < -0.3 is 82.7 Å². The zero-order chi connectivity index (χ0) is 42.9. The molecule has 3 aliphatic heterocycles. The quantitative estimate of drug-likeness (QED) is 0.0802. The number of aliphatic carboxylic acids is 6. The van der Waals surface area contributed by atoms with Crippen LogP contribution in [0.3, 0.4) is 0 Å². The van der Waals surface area contributed by atoms with Crippen molar-refractivity contribution in [3.8, 4) is 0 Å². The number of carboxylic acid groups (broad SMARTS) is 6. The van der Waals surface area contributed by atoms with Gasteiger partial charge in [0.15, 0.2) is 0 Å². The van der Waals surface area contributed by atoms with E-state index in [9.17, 15) is 33.9 Å². The van der Waals surface area contributed by atoms with Crippen LogP contribution < -0.4 is 49.1 Å². The molecule has 4 unspecified atom stereocenters. The number of rotatable bonds is 15. The Hall–Kier alpha value is -4.55. The van der Waals surface area contributed by atoms with Crippen LogP contribution in [0.25, 0.3) is 0 Å². The summed E-state index contributed by atoms with van der Waals surface area (Å²) in [5, 5.41) is 63.4. The second-order valence-electron chi connectivity index (χ2n) is 12.7. The molecule has 0 saturated carbocycles. The second kappa shape index (κ2) is 31.3. The number of halogens is 1. The maximum atomic E-state index is 11.1. The molecule has 362 valence electrons. The van der Waals surface area contributed by atoms with Crippen LogP contribution >= 0.6 is 0 Å². The first-order valence-electron chi connectivity index (χ1n) is 16.8. The molecular formula is C28H53ClN12NiO20. The van der Waals surface area contributed by atoms with Crippen molar-refractivity contribution >= 4 is 53.7 Å². The number of nitrogens with zero attached hydrogens (tertiary/aromatic N) is 10. The number of anilines is 3. The van der Waals surface area contributed by atoms with Crippen LogP contribution in [0.4, 0.5) is 17.8 Å². The summed E-state index contributed by atoms with van der Waals surface area (Å²) in [5.41, 5.74) is 0. The van der Waals surface area contributed by atoms with Gasteiger partial charge >= 0.3 is 46.3 Å². The fourth-order valence-corrected chi connectivity index (χ4v) is 5.45. The Morgan fingerprint density at radius 2 is 0.855 bits per heavy atom. The first kappa shape index (κ1) is 64.1. The third-order valence-electron chi connectivity index (χ3n) is 7.85. The molecule has 0 aromatic carbocycles. The summed E-state index contributed by atoms with van der Waals surface area (Å²) in [5.74, 6) is -11.7. The Morgan fingerprint density at radius 3 is 1.15 bits per heavy atom. The Balaban J connectivity index is -0.000000492. The Labute approximate surface area is 364 Å². The summed E-state index contributed by atoms with van der Waals surface area (Å²) < 4.78 is 34.0. The third kappa shape index (κ3) is 27.4. The second-order valence-corrected chi connectivity index (χ2v) is 13.5. The van der Waals surface area contributed by atoms with E-state index in [2.05, 4.69) is 52.1 Å². The number of nitrogens with one attached hydrogen (secondary N) is 2. The van der Waals surface area contributed by atoms with Gasteiger partial charge in [0.05, 0.1) is 25.9 Å². The van der Waals surface area contributed by atoms with E-state index < -0.39 is 103 Å². The summed E-state index contributed by atoms with van der Waals surface area (Å²) in [7, 11) is -4.94. The maximum absolute atomic E-state index is 11.1. The van der Waals surface area contributed by atoms with Gasteiger partial charge in [-0.1, -0.05) is 0 Å². The van der Waals surface area contributed by atoms with Crippen molar-refractivity contribution in [2.24, 2.45) is 0 Å². The van der Waals surface area contributed by atoms with E-state index in [1.165, 1.54) is 39.3 Å². The van der Waals surface area contributed by atoms with E-state index in [-0.39, 0.29) is 38.4 Å². The number of fused-ring (bicyclic) bond motifs is 4. The first-order chi connectivity index (χ1) is 26.6. The molecule has 3 fully saturated rings. The Kier molecular flexibility index (Phi) is 32.4. The van der Waals surface area contributed by atoms with Crippen LogP contribution in [0.2, 0.25) is 0 Å². The predicted molar refractivity (Wildman–Crippen MR) is 191 cm³/mol. The molecule has 4 bridgehead atoms. The molecule has 4 heterocycles. The average molecular weight is 972 g/mol. The van der Waals surface area contributed by atoms with Gasteiger partial charge in [0.2, 0.25) is 17.8 Å². The van der Waals surface area contributed by atoms with Crippen molar-refractivity contribution in [2.75, 3.05) is 126 Å². The van der Waals surface area contributed by atoms with Gasteiger partial charge in [0.25, 0.3) is 0 Å². The molecule has 3 aliphatic rings. The van der Waals surface area contributed by atoms with Gasteiger partial charge in [-0.3, -0.25) is 43.6 Å². The molecule has 1 aromatic rings. The fourth-order valence-electron chi connectivity index (χ4n) is 5.45.